The van der Waals surface area contributed by atoms with Crippen molar-refractivity contribution in [2.75, 3.05) is 18.5 Å². The molecular formula is C24H26ClN3O3. The summed E-state index contributed by atoms with van der Waals surface area (Å²) in [5.41, 5.74) is 3.85. The van der Waals surface area contributed by atoms with Gasteiger partial charge < -0.3 is 19.9 Å². The number of carbonyl (C=O) groups excluding carboxylic acids is 1. The van der Waals surface area contributed by atoms with E-state index in [1.165, 1.54) is 0 Å². The van der Waals surface area contributed by atoms with Crippen molar-refractivity contribution < 1.29 is 9.53 Å². The van der Waals surface area contributed by atoms with E-state index in [1.807, 2.05) is 32.0 Å². The Morgan fingerprint density at radius 3 is 2.81 bits per heavy atom. The lowest BCUT2D eigenvalue weighted by Gasteiger charge is -2.26. The molecule has 0 unspecified atom stereocenters. The quantitative estimate of drug-likeness (QED) is 0.586. The highest BCUT2D eigenvalue weighted by atomic mass is 35.5. The third kappa shape index (κ3) is 4.92. The number of rotatable bonds is 5. The minimum atomic E-state index is -0.316. The van der Waals surface area contributed by atoms with Crippen LogP contribution in [0.15, 0.2) is 47.3 Å². The van der Waals surface area contributed by atoms with E-state index in [1.54, 1.807) is 23.1 Å². The minimum absolute atomic E-state index is 0.0408. The summed E-state index contributed by atoms with van der Waals surface area (Å²) in [6, 6.07) is 12.7. The van der Waals surface area contributed by atoms with E-state index in [9.17, 15) is 9.59 Å². The summed E-state index contributed by atoms with van der Waals surface area (Å²) in [6.07, 6.45) is 1.82. The van der Waals surface area contributed by atoms with E-state index in [0.29, 0.717) is 29.4 Å². The highest BCUT2D eigenvalue weighted by Crippen LogP contribution is 2.23. The molecular weight excluding hydrogens is 414 g/mol. The Kier molecular flexibility index (Phi) is 6.30. The van der Waals surface area contributed by atoms with Crippen molar-refractivity contribution in [2.45, 2.75) is 39.3 Å². The standard InChI is InChI=1S/C24H26ClN3O3/c1-15-10-16(2)19-12-17(23(29)26-22(19)11-15)13-28(14-18-6-5-9-31-18)24(30)27-21-8-4-3-7-20(21)25/h3-4,7-8,10-12,18H,5-6,9,13-14H2,1-2H3,(H,26,29)(H,27,30)/t18-/m0/s1. The van der Waals surface area contributed by atoms with Crippen LogP contribution in [0.2, 0.25) is 5.02 Å². The maximum absolute atomic E-state index is 13.1. The maximum Gasteiger partial charge on any atom is 0.322 e. The van der Waals surface area contributed by atoms with Gasteiger partial charge in [-0.15, -0.1) is 0 Å². The molecule has 162 valence electrons. The molecule has 0 bridgehead atoms. The van der Waals surface area contributed by atoms with Gasteiger partial charge in [0.25, 0.3) is 5.56 Å². The van der Waals surface area contributed by atoms with Crippen LogP contribution in [0.5, 0.6) is 0 Å². The molecule has 0 aliphatic carbocycles. The van der Waals surface area contributed by atoms with Gasteiger partial charge in [-0.25, -0.2) is 4.79 Å². The molecule has 1 aliphatic heterocycles. The molecule has 3 aromatic rings. The molecule has 1 saturated heterocycles. The van der Waals surface area contributed by atoms with Gasteiger partial charge in [-0.1, -0.05) is 29.8 Å². The fourth-order valence-electron chi connectivity index (χ4n) is 4.05. The third-order valence-corrected chi connectivity index (χ3v) is 5.93. The summed E-state index contributed by atoms with van der Waals surface area (Å²) in [5, 5.41) is 4.30. The summed E-state index contributed by atoms with van der Waals surface area (Å²) in [5.74, 6) is 0. The van der Waals surface area contributed by atoms with Crippen LogP contribution in [0.3, 0.4) is 0 Å². The highest BCUT2D eigenvalue weighted by molar-refractivity contribution is 6.33. The van der Waals surface area contributed by atoms with Gasteiger partial charge in [-0.05, 0) is 62.1 Å². The van der Waals surface area contributed by atoms with E-state index in [0.717, 1.165) is 34.9 Å². The number of urea groups is 1. The maximum atomic E-state index is 13.1. The SMILES string of the molecule is Cc1cc(C)c2cc(CN(C[C@@H]3CCCO3)C(=O)Nc3ccccc3Cl)c(=O)[nH]c2c1. The zero-order valence-corrected chi connectivity index (χ0v) is 18.5. The molecule has 31 heavy (non-hydrogen) atoms. The smallest absolute Gasteiger partial charge is 0.322 e. The van der Waals surface area contributed by atoms with Crippen molar-refractivity contribution in [2.24, 2.45) is 0 Å². The predicted octanol–water partition coefficient (Wildman–Crippen LogP) is 5.01. The van der Waals surface area contributed by atoms with Crippen molar-refractivity contribution in [1.82, 2.24) is 9.88 Å². The highest BCUT2D eigenvalue weighted by Gasteiger charge is 2.24. The van der Waals surface area contributed by atoms with E-state index in [-0.39, 0.29) is 24.2 Å². The number of halogens is 1. The Hall–Kier alpha value is -2.83. The number of amides is 2. The number of aromatic nitrogens is 1. The molecule has 2 N–H and O–H groups in total. The van der Waals surface area contributed by atoms with Gasteiger partial charge in [-0.2, -0.15) is 0 Å². The van der Waals surface area contributed by atoms with Crippen LogP contribution < -0.4 is 10.9 Å². The second kappa shape index (κ2) is 9.12. The first-order valence-corrected chi connectivity index (χ1v) is 10.8. The van der Waals surface area contributed by atoms with Gasteiger partial charge >= 0.3 is 6.03 Å². The number of aryl methyl sites for hydroxylation is 2. The monoisotopic (exact) mass is 439 g/mol. The number of aromatic amines is 1. The van der Waals surface area contributed by atoms with Crippen LogP contribution in [-0.4, -0.2) is 35.2 Å². The summed E-state index contributed by atoms with van der Waals surface area (Å²) in [6.45, 7) is 5.29. The van der Waals surface area contributed by atoms with Crippen molar-refractivity contribution in [3.63, 3.8) is 0 Å². The number of benzene rings is 2. The molecule has 1 aliphatic rings. The fraction of sp³-hybridized carbons (Fsp3) is 0.333. The molecule has 1 aromatic heterocycles. The van der Waals surface area contributed by atoms with Gasteiger partial charge in [0.05, 0.1) is 23.4 Å². The number of nitrogens with one attached hydrogen (secondary N) is 2. The van der Waals surface area contributed by atoms with Gasteiger partial charge in [0.15, 0.2) is 0 Å². The van der Waals surface area contributed by atoms with E-state index >= 15 is 0 Å². The number of nitrogens with zero attached hydrogens (tertiary/aromatic N) is 1. The number of pyridine rings is 1. The number of hydrogen-bond donors (Lipinski definition) is 2. The summed E-state index contributed by atoms with van der Waals surface area (Å²) >= 11 is 6.21. The van der Waals surface area contributed by atoms with Gasteiger partial charge in [0, 0.05) is 29.6 Å². The van der Waals surface area contributed by atoms with Crippen molar-refractivity contribution >= 4 is 34.2 Å². The molecule has 0 saturated carbocycles. The van der Waals surface area contributed by atoms with Crippen LogP contribution in [0.4, 0.5) is 10.5 Å². The first kappa shape index (κ1) is 21.4. The number of ether oxygens (including phenoxy) is 1. The van der Waals surface area contributed by atoms with Crippen LogP contribution in [0.25, 0.3) is 10.9 Å². The minimum Gasteiger partial charge on any atom is -0.376 e. The second-order valence-electron chi connectivity index (χ2n) is 8.09. The first-order chi connectivity index (χ1) is 14.9. The fourth-order valence-corrected chi connectivity index (χ4v) is 4.23. The van der Waals surface area contributed by atoms with Crippen LogP contribution >= 0.6 is 11.6 Å². The molecule has 0 radical (unpaired) electrons. The summed E-state index contributed by atoms with van der Waals surface area (Å²) < 4.78 is 5.74. The molecule has 2 heterocycles. The van der Waals surface area contributed by atoms with Gasteiger partial charge in [0.1, 0.15) is 0 Å². The number of anilines is 1. The molecule has 2 aromatic carbocycles. The number of para-hydroxylation sites is 1. The summed E-state index contributed by atoms with van der Waals surface area (Å²) in [7, 11) is 0. The number of H-pyrrole nitrogens is 1. The Morgan fingerprint density at radius 1 is 1.26 bits per heavy atom. The van der Waals surface area contributed by atoms with E-state index in [2.05, 4.69) is 16.4 Å². The van der Waals surface area contributed by atoms with Crippen molar-refractivity contribution in [1.29, 1.82) is 0 Å². The lowest BCUT2D eigenvalue weighted by atomic mass is 10.0. The molecule has 1 atom stereocenters. The zero-order valence-electron chi connectivity index (χ0n) is 17.7. The topological polar surface area (TPSA) is 74.4 Å². The molecule has 1 fully saturated rings. The third-order valence-electron chi connectivity index (χ3n) is 5.60. The number of hydrogen-bond acceptors (Lipinski definition) is 3. The predicted molar refractivity (Wildman–Crippen MR) is 124 cm³/mol. The average Bonchev–Trinajstić information content (AvgIpc) is 3.23. The lowest BCUT2D eigenvalue weighted by Crippen LogP contribution is -2.40. The van der Waals surface area contributed by atoms with Crippen LogP contribution in [0, 0.1) is 13.8 Å². The molecule has 7 heteroatoms. The van der Waals surface area contributed by atoms with Gasteiger partial charge in [-0.3, -0.25) is 4.79 Å². The second-order valence-corrected chi connectivity index (χ2v) is 8.50. The lowest BCUT2D eigenvalue weighted by molar-refractivity contribution is 0.0818. The molecule has 6 nitrogen and oxygen atoms in total. The average molecular weight is 440 g/mol. The Balaban J connectivity index is 1.64. The summed E-state index contributed by atoms with van der Waals surface area (Å²) in [4.78, 5) is 30.5. The Bertz CT molecular complexity index is 1170. The first-order valence-electron chi connectivity index (χ1n) is 10.5. The molecule has 4 rings (SSSR count). The largest absolute Gasteiger partial charge is 0.376 e. The zero-order chi connectivity index (χ0) is 22.0. The van der Waals surface area contributed by atoms with E-state index in [4.69, 9.17) is 16.3 Å². The number of fused-ring (bicyclic) bond motifs is 1. The van der Waals surface area contributed by atoms with Crippen LogP contribution in [0.1, 0.15) is 29.5 Å². The van der Waals surface area contributed by atoms with Crippen LogP contribution in [-0.2, 0) is 11.3 Å². The number of carbonyl (C=O) groups is 1. The van der Waals surface area contributed by atoms with Crippen molar-refractivity contribution in [3.05, 3.63) is 74.5 Å². The Morgan fingerprint density at radius 2 is 2.06 bits per heavy atom. The molecule has 2 amide bonds. The molecule has 0 spiro atoms. The van der Waals surface area contributed by atoms with Gasteiger partial charge in [0.2, 0.25) is 0 Å². The normalized spacial score (nSPS) is 15.9. The van der Waals surface area contributed by atoms with Crippen molar-refractivity contribution in [3.8, 4) is 0 Å². The van der Waals surface area contributed by atoms with E-state index < -0.39 is 0 Å². The Labute approximate surface area is 186 Å².